The van der Waals surface area contributed by atoms with E-state index < -0.39 is 44.9 Å². The van der Waals surface area contributed by atoms with Crippen molar-refractivity contribution in [1.82, 2.24) is 10.3 Å². The van der Waals surface area contributed by atoms with Crippen molar-refractivity contribution in [2.75, 3.05) is 6.61 Å². The lowest BCUT2D eigenvalue weighted by Crippen LogP contribution is -2.43. The summed E-state index contributed by atoms with van der Waals surface area (Å²) < 4.78 is 67.2. The van der Waals surface area contributed by atoms with Crippen LogP contribution in [0.25, 0.3) is 0 Å². The first kappa shape index (κ1) is 17.8. The van der Waals surface area contributed by atoms with Gasteiger partial charge in [0.15, 0.2) is 18.2 Å². The number of amides is 1. The Bertz CT molecular complexity index is 842. The maximum absolute atomic E-state index is 13.0. The fourth-order valence-electron chi connectivity index (χ4n) is 1.54. The summed E-state index contributed by atoms with van der Waals surface area (Å²) in [5, 5.41) is 0. The van der Waals surface area contributed by atoms with Gasteiger partial charge in [-0.3, -0.25) is 10.2 Å². The van der Waals surface area contributed by atoms with Crippen molar-refractivity contribution in [2.45, 2.75) is 4.90 Å². The van der Waals surface area contributed by atoms with Crippen LogP contribution < -0.4 is 15.0 Å². The zero-order valence-electron chi connectivity index (χ0n) is 11.9. The SMILES string of the molecule is O=C(COc1ccc(F)cc1)NNS(=O)(=O)c1ccc(F)c(F)c1. The topological polar surface area (TPSA) is 84.5 Å². The Kier molecular flexibility index (Phi) is 5.42. The molecule has 0 heterocycles. The smallest absolute Gasteiger partial charge is 0.272 e. The molecule has 0 aliphatic rings. The van der Waals surface area contributed by atoms with Crippen LogP contribution in [0.3, 0.4) is 0 Å². The molecule has 0 bridgehead atoms. The van der Waals surface area contributed by atoms with Gasteiger partial charge in [0.2, 0.25) is 0 Å². The first-order valence-electron chi connectivity index (χ1n) is 6.42. The maximum atomic E-state index is 13.0. The van der Waals surface area contributed by atoms with Crippen LogP contribution in [-0.4, -0.2) is 20.9 Å². The number of nitrogens with one attached hydrogen (secondary N) is 2. The second-order valence-electron chi connectivity index (χ2n) is 4.47. The summed E-state index contributed by atoms with van der Waals surface area (Å²) >= 11 is 0. The van der Waals surface area contributed by atoms with E-state index in [1.807, 2.05) is 5.43 Å². The number of carbonyl (C=O) groups is 1. The molecule has 6 nitrogen and oxygen atoms in total. The molecule has 0 fully saturated rings. The van der Waals surface area contributed by atoms with Crippen LogP contribution in [0.1, 0.15) is 0 Å². The number of hydrazine groups is 1. The van der Waals surface area contributed by atoms with Crippen LogP contribution in [0.4, 0.5) is 13.2 Å². The van der Waals surface area contributed by atoms with Gasteiger partial charge in [0.05, 0.1) is 4.90 Å². The molecule has 24 heavy (non-hydrogen) atoms. The van der Waals surface area contributed by atoms with Gasteiger partial charge in [0.1, 0.15) is 11.6 Å². The van der Waals surface area contributed by atoms with Crippen LogP contribution in [0.2, 0.25) is 0 Å². The molecule has 128 valence electrons. The van der Waals surface area contributed by atoms with Gasteiger partial charge < -0.3 is 4.74 Å². The van der Waals surface area contributed by atoms with Crippen molar-refractivity contribution in [3.8, 4) is 5.75 Å². The summed E-state index contributed by atoms with van der Waals surface area (Å²) in [4.78, 5) is 12.7. The normalized spacial score (nSPS) is 11.1. The standard InChI is InChI=1S/C14H11F3N2O4S/c15-9-1-3-10(4-2-9)23-8-14(20)18-19-24(21,22)11-5-6-12(16)13(17)7-11/h1-7,19H,8H2,(H,18,20). The van der Waals surface area contributed by atoms with E-state index in [4.69, 9.17) is 4.74 Å². The summed E-state index contributed by atoms with van der Waals surface area (Å²) in [6, 6.07) is 6.77. The van der Waals surface area contributed by atoms with E-state index in [0.717, 1.165) is 18.2 Å². The Morgan fingerprint density at radius 2 is 1.67 bits per heavy atom. The highest BCUT2D eigenvalue weighted by atomic mass is 32.2. The van der Waals surface area contributed by atoms with Crippen molar-refractivity contribution in [3.63, 3.8) is 0 Å². The number of sulfonamides is 1. The molecule has 2 aromatic rings. The minimum atomic E-state index is -4.28. The van der Waals surface area contributed by atoms with Crippen molar-refractivity contribution >= 4 is 15.9 Å². The van der Waals surface area contributed by atoms with Crippen molar-refractivity contribution in [3.05, 3.63) is 59.9 Å². The highest BCUT2D eigenvalue weighted by Crippen LogP contribution is 2.13. The van der Waals surface area contributed by atoms with Gasteiger partial charge >= 0.3 is 0 Å². The van der Waals surface area contributed by atoms with Crippen LogP contribution in [0.15, 0.2) is 47.4 Å². The van der Waals surface area contributed by atoms with Crippen LogP contribution in [0.5, 0.6) is 5.75 Å². The van der Waals surface area contributed by atoms with E-state index in [-0.39, 0.29) is 5.75 Å². The van der Waals surface area contributed by atoms with E-state index >= 15 is 0 Å². The predicted octanol–water partition coefficient (Wildman–Crippen LogP) is 1.49. The molecule has 2 N–H and O–H groups in total. The Labute approximate surface area is 135 Å². The molecule has 0 radical (unpaired) electrons. The lowest BCUT2D eigenvalue weighted by molar-refractivity contribution is -0.123. The fourth-order valence-corrected chi connectivity index (χ4v) is 2.41. The first-order chi connectivity index (χ1) is 11.3. The summed E-state index contributed by atoms with van der Waals surface area (Å²) in [5.41, 5.74) is 1.84. The monoisotopic (exact) mass is 360 g/mol. The fraction of sp³-hybridized carbons (Fsp3) is 0.0714. The number of benzene rings is 2. The van der Waals surface area contributed by atoms with Gasteiger partial charge in [0.25, 0.3) is 15.9 Å². The molecular weight excluding hydrogens is 349 g/mol. The largest absolute Gasteiger partial charge is 0.484 e. The molecular formula is C14H11F3N2O4S. The van der Waals surface area contributed by atoms with E-state index in [1.165, 1.54) is 12.1 Å². The minimum absolute atomic E-state index is 0.204. The van der Waals surface area contributed by atoms with Crippen molar-refractivity contribution < 1.29 is 31.1 Å². The van der Waals surface area contributed by atoms with E-state index in [2.05, 4.69) is 0 Å². The zero-order chi connectivity index (χ0) is 17.7. The Morgan fingerprint density at radius 3 is 2.29 bits per heavy atom. The molecule has 0 aromatic heterocycles. The quantitative estimate of drug-likeness (QED) is 0.765. The minimum Gasteiger partial charge on any atom is -0.484 e. The van der Waals surface area contributed by atoms with Crippen molar-refractivity contribution in [2.24, 2.45) is 0 Å². The molecule has 0 unspecified atom stereocenters. The lowest BCUT2D eigenvalue weighted by Gasteiger charge is -2.09. The first-order valence-corrected chi connectivity index (χ1v) is 7.90. The van der Waals surface area contributed by atoms with E-state index in [1.54, 1.807) is 4.83 Å². The second kappa shape index (κ2) is 7.32. The summed E-state index contributed by atoms with van der Waals surface area (Å²) in [6.45, 7) is -0.550. The van der Waals surface area contributed by atoms with Gasteiger partial charge in [-0.25, -0.2) is 21.6 Å². The van der Waals surface area contributed by atoms with Crippen LogP contribution in [-0.2, 0) is 14.8 Å². The van der Waals surface area contributed by atoms with Gasteiger partial charge in [-0.15, -0.1) is 4.83 Å². The van der Waals surface area contributed by atoms with E-state index in [0.29, 0.717) is 12.1 Å². The van der Waals surface area contributed by atoms with Crippen LogP contribution in [0, 0.1) is 17.5 Å². The zero-order valence-corrected chi connectivity index (χ0v) is 12.7. The third-order valence-corrected chi connectivity index (χ3v) is 3.96. The molecule has 0 saturated carbocycles. The molecule has 2 rings (SSSR count). The number of carbonyl (C=O) groups excluding carboxylic acids is 1. The lowest BCUT2D eigenvalue weighted by atomic mass is 10.3. The van der Waals surface area contributed by atoms with Gasteiger partial charge in [-0.05, 0) is 42.5 Å². The Morgan fingerprint density at radius 1 is 1.00 bits per heavy atom. The summed E-state index contributed by atoms with van der Waals surface area (Å²) in [5.74, 6) is -3.68. The molecule has 0 aliphatic carbocycles. The molecule has 2 aromatic carbocycles. The predicted molar refractivity (Wildman–Crippen MR) is 76.7 cm³/mol. The highest BCUT2D eigenvalue weighted by Gasteiger charge is 2.17. The number of halogens is 3. The second-order valence-corrected chi connectivity index (χ2v) is 6.15. The summed E-state index contributed by atoms with van der Waals surface area (Å²) in [7, 11) is -4.28. The average molecular weight is 360 g/mol. The van der Waals surface area contributed by atoms with Crippen molar-refractivity contribution in [1.29, 1.82) is 0 Å². The number of rotatable bonds is 6. The van der Waals surface area contributed by atoms with E-state index in [9.17, 15) is 26.4 Å². The Hall–Kier alpha value is -2.59. The highest BCUT2D eigenvalue weighted by molar-refractivity contribution is 7.89. The summed E-state index contributed by atoms with van der Waals surface area (Å²) in [6.07, 6.45) is 0. The Balaban J connectivity index is 1.90. The van der Waals surface area contributed by atoms with Gasteiger partial charge in [-0.1, -0.05) is 0 Å². The molecule has 0 atom stereocenters. The average Bonchev–Trinajstić information content (AvgIpc) is 2.55. The third kappa shape index (κ3) is 4.70. The molecule has 0 spiro atoms. The molecule has 0 aliphatic heterocycles. The van der Waals surface area contributed by atoms with Gasteiger partial charge in [0, 0.05) is 0 Å². The maximum Gasteiger partial charge on any atom is 0.272 e. The van der Waals surface area contributed by atoms with Crippen LogP contribution >= 0.6 is 0 Å². The molecule has 10 heteroatoms. The third-order valence-electron chi connectivity index (χ3n) is 2.71. The number of hydrogen-bond acceptors (Lipinski definition) is 4. The molecule has 0 saturated heterocycles. The number of hydrogen-bond donors (Lipinski definition) is 2. The molecule has 1 amide bonds. The number of ether oxygens (including phenoxy) is 1. The van der Waals surface area contributed by atoms with Gasteiger partial charge in [-0.2, -0.15) is 0 Å².